The SMILES string of the molecule is CC1(F)C=C(F)c2c(S(=O)(=O)CCNC(=O)c3ccno3)cn(Cc3ccc(-c4cnn(I)c4)cc3F)c2C1. The number of alkyl halides is 1. The Bertz CT molecular complexity index is 1690. The van der Waals surface area contributed by atoms with Crippen LogP contribution in [0, 0.1) is 5.82 Å². The molecule has 14 heteroatoms. The third kappa shape index (κ3) is 5.66. The number of carbonyl (C=O) groups excluding carboxylic acids is 1. The lowest BCUT2D eigenvalue weighted by molar-refractivity contribution is 0.0919. The zero-order valence-electron chi connectivity index (χ0n) is 20.4. The van der Waals surface area contributed by atoms with Crippen molar-refractivity contribution in [2.24, 2.45) is 0 Å². The van der Waals surface area contributed by atoms with E-state index in [1.165, 1.54) is 36.0 Å². The number of nitrogens with one attached hydrogen (secondary N) is 1. The molecule has 3 heterocycles. The summed E-state index contributed by atoms with van der Waals surface area (Å²) in [6.45, 7) is 0.738. The Morgan fingerprint density at radius 3 is 2.69 bits per heavy atom. The zero-order valence-corrected chi connectivity index (χ0v) is 23.3. The summed E-state index contributed by atoms with van der Waals surface area (Å²) in [5.41, 5.74) is -0.720. The molecule has 3 aromatic heterocycles. The van der Waals surface area contributed by atoms with Gasteiger partial charge in [-0.1, -0.05) is 17.3 Å². The fourth-order valence-electron chi connectivity index (χ4n) is 4.42. The van der Waals surface area contributed by atoms with E-state index in [-0.39, 0.29) is 47.0 Å². The Labute approximate surface area is 235 Å². The smallest absolute Gasteiger partial charge is 0.289 e. The van der Waals surface area contributed by atoms with Gasteiger partial charge in [-0.05, 0) is 24.6 Å². The molecule has 0 aliphatic heterocycles. The molecule has 5 rings (SSSR count). The number of hydrogen-bond donors (Lipinski definition) is 1. The van der Waals surface area contributed by atoms with Crippen LogP contribution in [0.1, 0.15) is 34.3 Å². The van der Waals surface area contributed by atoms with E-state index in [1.807, 2.05) is 22.9 Å². The monoisotopic (exact) mass is 671 g/mol. The van der Waals surface area contributed by atoms with Gasteiger partial charge in [-0.15, -0.1) is 0 Å². The zero-order chi connectivity index (χ0) is 27.9. The first-order valence-corrected chi connectivity index (χ1v) is 14.3. The maximum atomic E-state index is 15.1. The summed E-state index contributed by atoms with van der Waals surface area (Å²) in [6.07, 6.45) is 6.21. The van der Waals surface area contributed by atoms with Crippen LogP contribution in [0.5, 0.6) is 0 Å². The van der Waals surface area contributed by atoms with Crippen LogP contribution in [0.4, 0.5) is 13.2 Å². The Balaban J connectivity index is 1.44. The molecule has 0 saturated carbocycles. The highest BCUT2D eigenvalue weighted by atomic mass is 127. The van der Waals surface area contributed by atoms with Crippen molar-refractivity contribution in [3.8, 4) is 11.1 Å². The van der Waals surface area contributed by atoms with Gasteiger partial charge >= 0.3 is 0 Å². The standard InChI is InChI=1S/C25H21F3IN5O4S/c1-25(28)9-19(27)23-20(10-25)33(12-16-3-2-15(8-18(16)26)17-11-31-34(29)13-17)14-22(23)39(36,37)7-6-30-24(35)21-4-5-32-38-21/h2-5,8-9,11,13-14H,6-7,10,12H2,1H3,(H,30,35). The summed E-state index contributed by atoms with van der Waals surface area (Å²) in [5, 5.41) is 9.88. The number of aromatic nitrogens is 4. The molecular weight excluding hydrogens is 650 g/mol. The lowest BCUT2D eigenvalue weighted by Gasteiger charge is -2.23. The van der Waals surface area contributed by atoms with Gasteiger partial charge in [-0.2, -0.15) is 5.10 Å². The minimum Gasteiger partial charge on any atom is -0.351 e. The lowest BCUT2D eigenvalue weighted by Crippen LogP contribution is -2.29. The number of benzene rings is 1. The van der Waals surface area contributed by atoms with Crippen LogP contribution in [0.2, 0.25) is 0 Å². The predicted octanol–water partition coefficient (Wildman–Crippen LogP) is 4.52. The molecule has 0 spiro atoms. The number of rotatable bonds is 8. The average molecular weight is 671 g/mol. The molecule has 1 unspecified atom stereocenters. The number of amides is 1. The topological polar surface area (TPSA) is 112 Å². The molecule has 9 nitrogen and oxygen atoms in total. The van der Waals surface area contributed by atoms with Gasteiger partial charge in [0.15, 0.2) is 9.84 Å². The molecule has 1 N–H and O–H groups in total. The largest absolute Gasteiger partial charge is 0.351 e. The summed E-state index contributed by atoms with van der Waals surface area (Å²) in [4.78, 5) is 11.7. The maximum absolute atomic E-state index is 15.1. The number of fused-ring (bicyclic) bond motifs is 1. The molecular formula is C25H21F3IN5O4S. The number of halogens is 4. The van der Waals surface area contributed by atoms with Gasteiger partial charge in [0.25, 0.3) is 5.91 Å². The van der Waals surface area contributed by atoms with E-state index >= 15 is 8.78 Å². The molecule has 1 amide bonds. The normalized spacial score (nSPS) is 17.1. The van der Waals surface area contributed by atoms with E-state index in [0.29, 0.717) is 11.1 Å². The Kier molecular flexibility index (Phi) is 7.17. The average Bonchev–Trinajstić information content (AvgIpc) is 3.60. The minimum absolute atomic E-state index is 0.0942. The first kappa shape index (κ1) is 27.2. The van der Waals surface area contributed by atoms with Gasteiger partial charge in [0.2, 0.25) is 5.76 Å². The first-order valence-electron chi connectivity index (χ1n) is 11.6. The third-order valence-electron chi connectivity index (χ3n) is 6.27. The van der Waals surface area contributed by atoms with Gasteiger partial charge in [0.1, 0.15) is 17.3 Å². The second-order valence-corrected chi connectivity index (χ2v) is 12.3. The van der Waals surface area contributed by atoms with E-state index < -0.39 is 38.8 Å². The summed E-state index contributed by atoms with van der Waals surface area (Å²) in [7, 11) is -4.15. The van der Waals surface area contributed by atoms with Crippen molar-refractivity contribution < 1.29 is 30.9 Å². The summed E-state index contributed by atoms with van der Waals surface area (Å²) in [5.74, 6) is -2.90. The molecule has 0 bridgehead atoms. The van der Waals surface area contributed by atoms with Gasteiger partial charge in [-0.25, -0.2) is 24.5 Å². The molecule has 204 valence electrons. The summed E-state index contributed by atoms with van der Waals surface area (Å²) in [6, 6.07) is 5.87. The number of hydrogen-bond acceptors (Lipinski definition) is 6. The number of nitrogens with zero attached hydrogens (tertiary/aromatic N) is 4. The van der Waals surface area contributed by atoms with Gasteiger partial charge in [0.05, 0.1) is 52.5 Å². The Hall–Kier alpha value is -3.40. The summed E-state index contributed by atoms with van der Waals surface area (Å²) < 4.78 is 79.4. The number of allylic oxidation sites excluding steroid dienone is 1. The first-order chi connectivity index (χ1) is 18.4. The van der Waals surface area contributed by atoms with Crippen molar-refractivity contribution in [1.82, 2.24) is 23.0 Å². The van der Waals surface area contributed by atoms with Gasteiger partial charge < -0.3 is 14.4 Å². The fraction of sp³-hybridized carbons (Fsp3) is 0.240. The Morgan fingerprint density at radius 1 is 1.23 bits per heavy atom. The Morgan fingerprint density at radius 2 is 2.03 bits per heavy atom. The minimum atomic E-state index is -4.15. The van der Waals surface area contributed by atoms with Crippen LogP contribution in [0.3, 0.4) is 0 Å². The second kappa shape index (κ2) is 10.3. The van der Waals surface area contributed by atoms with Crippen LogP contribution >= 0.6 is 22.9 Å². The van der Waals surface area contributed by atoms with Crippen LogP contribution in [0.25, 0.3) is 17.0 Å². The number of carbonyl (C=O) groups is 1. The van der Waals surface area contributed by atoms with E-state index in [4.69, 9.17) is 4.52 Å². The van der Waals surface area contributed by atoms with Crippen molar-refractivity contribution in [3.05, 3.63) is 83.5 Å². The number of sulfone groups is 1. The second-order valence-electron chi connectivity index (χ2n) is 9.27. The predicted molar refractivity (Wildman–Crippen MR) is 144 cm³/mol. The molecule has 1 aromatic carbocycles. The van der Waals surface area contributed by atoms with Crippen LogP contribution in [-0.4, -0.2) is 50.0 Å². The highest BCUT2D eigenvalue weighted by molar-refractivity contribution is 14.1. The van der Waals surface area contributed by atoms with Crippen LogP contribution < -0.4 is 5.32 Å². The van der Waals surface area contributed by atoms with Crippen molar-refractivity contribution in [2.45, 2.75) is 30.5 Å². The van der Waals surface area contributed by atoms with Crippen molar-refractivity contribution in [3.63, 3.8) is 0 Å². The van der Waals surface area contributed by atoms with Crippen LogP contribution in [-0.2, 0) is 22.8 Å². The van der Waals surface area contributed by atoms with Crippen LogP contribution in [0.15, 0.2) is 64.5 Å². The summed E-state index contributed by atoms with van der Waals surface area (Å²) >= 11 is 1.97. The molecule has 0 fully saturated rings. The molecule has 4 aromatic rings. The molecule has 1 aliphatic carbocycles. The molecule has 39 heavy (non-hydrogen) atoms. The quantitative estimate of drug-likeness (QED) is 0.276. The van der Waals surface area contributed by atoms with E-state index in [0.717, 1.165) is 6.08 Å². The highest BCUT2D eigenvalue weighted by Gasteiger charge is 2.37. The van der Waals surface area contributed by atoms with Crippen molar-refractivity contribution in [1.29, 1.82) is 0 Å². The molecule has 0 radical (unpaired) electrons. The van der Waals surface area contributed by atoms with Gasteiger partial charge in [0, 0.05) is 53.8 Å². The fourth-order valence-corrected chi connectivity index (χ4v) is 6.25. The molecule has 1 atom stereocenters. The van der Waals surface area contributed by atoms with Crippen molar-refractivity contribution in [2.75, 3.05) is 12.3 Å². The maximum Gasteiger partial charge on any atom is 0.289 e. The van der Waals surface area contributed by atoms with E-state index in [2.05, 4.69) is 15.6 Å². The third-order valence-corrected chi connectivity index (χ3v) is 8.52. The van der Waals surface area contributed by atoms with E-state index in [1.54, 1.807) is 27.4 Å². The van der Waals surface area contributed by atoms with E-state index in [9.17, 15) is 17.6 Å². The molecule has 1 aliphatic rings. The molecule has 0 saturated heterocycles. The lowest BCUT2D eigenvalue weighted by atomic mass is 9.92. The van der Waals surface area contributed by atoms with Crippen molar-refractivity contribution >= 4 is 44.4 Å². The van der Waals surface area contributed by atoms with Gasteiger partial charge in [-0.3, -0.25) is 4.79 Å². The highest BCUT2D eigenvalue weighted by Crippen LogP contribution is 2.40.